The van der Waals surface area contributed by atoms with Crippen molar-refractivity contribution in [3.63, 3.8) is 0 Å². The molecule has 0 aliphatic rings. The lowest BCUT2D eigenvalue weighted by atomic mass is 10.1. The normalized spacial score (nSPS) is 13.2. The highest BCUT2D eigenvalue weighted by Gasteiger charge is 2.12. The summed E-state index contributed by atoms with van der Waals surface area (Å²) in [4.78, 5) is 2.12. The number of ether oxygens (including phenoxy) is 1. The number of benzene rings is 1. The lowest BCUT2D eigenvalue weighted by Gasteiger charge is -2.22. The Morgan fingerprint density at radius 1 is 1.19 bits per heavy atom. The van der Waals surface area contributed by atoms with E-state index in [0.717, 1.165) is 5.75 Å². The average Bonchev–Trinajstić information content (AvgIpc) is 2.20. The molecular weight excluding hydrogens is 222 g/mol. The molecule has 1 aromatic carbocycles. The van der Waals surface area contributed by atoms with Gasteiger partial charge in [-0.2, -0.15) is 0 Å². The predicted molar refractivity (Wildman–Crippen MR) is 69.4 cm³/mol. The zero-order valence-electron chi connectivity index (χ0n) is 10.4. The topological polar surface area (TPSA) is 12.5 Å². The second-order valence-electron chi connectivity index (χ2n) is 4.37. The summed E-state index contributed by atoms with van der Waals surface area (Å²) < 4.78 is 5.60. The summed E-state index contributed by atoms with van der Waals surface area (Å²) in [6.07, 6.45) is 0.212. The fraction of sp³-hybridized carbons (Fsp3) is 0.538. The molecule has 1 unspecified atom stereocenters. The molecular formula is C13H20ClNO. The van der Waals surface area contributed by atoms with Crippen molar-refractivity contribution in [3.8, 4) is 5.75 Å². The molecule has 0 amide bonds. The molecule has 0 saturated carbocycles. The summed E-state index contributed by atoms with van der Waals surface area (Å²) in [5.41, 5.74) is 1.22. The van der Waals surface area contributed by atoms with Crippen LogP contribution in [0.25, 0.3) is 0 Å². The van der Waals surface area contributed by atoms with Crippen LogP contribution < -0.4 is 4.74 Å². The Labute approximate surface area is 103 Å². The first-order valence-corrected chi connectivity index (χ1v) is 6.07. The largest absolute Gasteiger partial charge is 0.491 e. The second-order valence-corrected chi connectivity index (χ2v) is 4.68. The van der Waals surface area contributed by atoms with Crippen LogP contribution >= 0.6 is 11.6 Å². The van der Waals surface area contributed by atoms with Crippen molar-refractivity contribution in [3.05, 3.63) is 29.8 Å². The highest BCUT2D eigenvalue weighted by atomic mass is 35.5. The van der Waals surface area contributed by atoms with Crippen LogP contribution in [0.5, 0.6) is 5.75 Å². The lowest BCUT2D eigenvalue weighted by Crippen LogP contribution is -2.21. The zero-order chi connectivity index (χ0) is 12.1. The quantitative estimate of drug-likeness (QED) is 0.734. The van der Waals surface area contributed by atoms with Crippen LogP contribution in [0, 0.1) is 0 Å². The minimum Gasteiger partial charge on any atom is -0.491 e. The van der Waals surface area contributed by atoms with Crippen LogP contribution in [0.15, 0.2) is 24.3 Å². The summed E-state index contributed by atoms with van der Waals surface area (Å²) >= 11 is 5.95. The molecule has 0 aliphatic heterocycles. The van der Waals surface area contributed by atoms with Crippen LogP contribution in [0.1, 0.15) is 25.5 Å². The number of hydrogen-bond acceptors (Lipinski definition) is 2. The molecule has 0 bridgehead atoms. The Kier molecular flexibility index (Phi) is 5.10. The van der Waals surface area contributed by atoms with Gasteiger partial charge in [-0.05, 0) is 45.6 Å². The van der Waals surface area contributed by atoms with Crippen molar-refractivity contribution >= 4 is 11.6 Å². The molecule has 1 aromatic rings. The summed E-state index contributed by atoms with van der Waals surface area (Å²) in [7, 11) is 4.07. The van der Waals surface area contributed by atoms with Gasteiger partial charge < -0.3 is 9.64 Å². The van der Waals surface area contributed by atoms with E-state index >= 15 is 0 Å². The Balaban J connectivity index is 2.77. The first-order chi connectivity index (χ1) is 7.54. The van der Waals surface area contributed by atoms with E-state index in [1.54, 1.807) is 0 Å². The molecule has 0 fully saturated rings. The molecule has 16 heavy (non-hydrogen) atoms. The van der Waals surface area contributed by atoms with E-state index in [1.807, 2.05) is 40.1 Å². The van der Waals surface area contributed by atoms with Crippen molar-refractivity contribution in [2.75, 3.05) is 20.0 Å². The van der Waals surface area contributed by atoms with Gasteiger partial charge in [0.2, 0.25) is 0 Å². The van der Waals surface area contributed by atoms with Crippen LogP contribution in [0.4, 0.5) is 0 Å². The molecule has 3 heteroatoms. The molecule has 0 radical (unpaired) electrons. The van der Waals surface area contributed by atoms with E-state index in [0.29, 0.717) is 5.88 Å². The molecule has 0 N–H and O–H groups in total. The van der Waals surface area contributed by atoms with Crippen LogP contribution in [0.2, 0.25) is 0 Å². The Morgan fingerprint density at radius 3 is 2.12 bits per heavy atom. The third kappa shape index (κ3) is 3.69. The van der Waals surface area contributed by atoms with Crippen molar-refractivity contribution in [2.45, 2.75) is 26.0 Å². The molecule has 2 nitrogen and oxygen atoms in total. The van der Waals surface area contributed by atoms with Gasteiger partial charge in [0.1, 0.15) is 5.75 Å². The van der Waals surface area contributed by atoms with E-state index in [1.165, 1.54) is 5.56 Å². The fourth-order valence-electron chi connectivity index (χ4n) is 1.57. The SMILES string of the molecule is CC(C)Oc1ccc(C(CCl)N(C)C)cc1. The smallest absolute Gasteiger partial charge is 0.119 e. The van der Waals surface area contributed by atoms with E-state index in [2.05, 4.69) is 17.0 Å². The lowest BCUT2D eigenvalue weighted by molar-refractivity contribution is 0.242. The van der Waals surface area contributed by atoms with Crippen molar-refractivity contribution in [1.29, 1.82) is 0 Å². The monoisotopic (exact) mass is 241 g/mol. The van der Waals surface area contributed by atoms with Crippen molar-refractivity contribution in [1.82, 2.24) is 4.90 Å². The molecule has 0 saturated heterocycles. The Bertz CT molecular complexity index is 308. The number of nitrogens with zero attached hydrogens (tertiary/aromatic N) is 1. The number of alkyl halides is 1. The highest BCUT2D eigenvalue weighted by molar-refractivity contribution is 6.18. The van der Waals surface area contributed by atoms with Crippen LogP contribution in [0.3, 0.4) is 0 Å². The number of halogens is 1. The van der Waals surface area contributed by atoms with Gasteiger partial charge in [0.15, 0.2) is 0 Å². The molecule has 0 aliphatic carbocycles. The van der Waals surface area contributed by atoms with Gasteiger partial charge in [0.25, 0.3) is 0 Å². The van der Waals surface area contributed by atoms with Gasteiger partial charge in [-0.25, -0.2) is 0 Å². The summed E-state index contributed by atoms with van der Waals surface area (Å²) in [6.45, 7) is 4.05. The third-order valence-corrected chi connectivity index (χ3v) is 2.70. The number of hydrogen-bond donors (Lipinski definition) is 0. The summed E-state index contributed by atoms with van der Waals surface area (Å²) in [6, 6.07) is 8.40. The van der Waals surface area contributed by atoms with Gasteiger partial charge in [-0.1, -0.05) is 12.1 Å². The maximum Gasteiger partial charge on any atom is 0.119 e. The Morgan fingerprint density at radius 2 is 1.75 bits per heavy atom. The first-order valence-electron chi connectivity index (χ1n) is 5.53. The van der Waals surface area contributed by atoms with E-state index in [4.69, 9.17) is 16.3 Å². The van der Waals surface area contributed by atoms with E-state index in [9.17, 15) is 0 Å². The fourth-order valence-corrected chi connectivity index (χ4v) is 2.02. The van der Waals surface area contributed by atoms with Crippen molar-refractivity contribution < 1.29 is 4.74 Å². The molecule has 90 valence electrons. The second kappa shape index (κ2) is 6.12. The maximum atomic E-state index is 5.95. The molecule has 0 aromatic heterocycles. The molecule has 1 atom stereocenters. The van der Waals surface area contributed by atoms with Crippen molar-refractivity contribution in [2.24, 2.45) is 0 Å². The zero-order valence-corrected chi connectivity index (χ0v) is 11.2. The summed E-state index contributed by atoms with van der Waals surface area (Å²) in [5, 5.41) is 0. The first kappa shape index (κ1) is 13.3. The van der Waals surface area contributed by atoms with Gasteiger partial charge in [-0.3, -0.25) is 0 Å². The molecule has 0 heterocycles. The van der Waals surface area contributed by atoms with Gasteiger partial charge >= 0.3 is 0 Å². The highest BCUT2D eigenvalue weighted by Crippen LogP contribution is 2.22. The Hall–Kier alpha value is -0.730. The van der Waals surface area contributed by atoms with Gasteiger partial charge in [-0.15, -0.1) is 11.6 Å². The maximum absolute atomic E-state index is 5.95. The molecule has 0 spiro atoms. The third-order valence-electron chi connectivity index (χ3n) is 2.41. The van der Waals surface area contributed by atoms with E-state index < -0.39 is 0 Å². The van der Waals surface area contributed by atoms with Crippen LogP contribution in [-0.2, 0) is 0 Å². The minimum absolute atomic E-state index is 0.212. The van der Waals surface area contributed by atoms with Crippen LogP contribution in [-0.4, -0.2) is 31.0 Å². The number of rotatable bonds is 5. The molecule has 1 rings (SSSR count). The van der Waals surface area contributed by atoms with Gasteiger partial charge in [0, 0.05) is 11.9 Å². The average molecular weight is 242 g/mol. The predicted octanol–water partition coefficient (Wildman–Crippen LogP) is 3.32. The standard InChI is InChI=1S/C13H20ClNO/c1-10(2)16-12-7-5-11(6-8-12)13(9-14)15(3)4/h5-8,10,13H,9H2,1-4H3. The van der Waals surface area contributed by atoms with Gasteiger partial charge in [0.05, 0.1) is 6.10 Å². The summed E-state index contributed by atoms with van der Waals surface area (Å²) in [5.74, 6) is 1.50. The minimum atomic E-state index is 0.212. The van der Waals surface area contributed by atoms with E-state index in [-0.39, 0.29) is 12.1 Å².